The van der Waals surface area contributed by atoms with Gasteiger partial charge in [0.1, 0.15) is 5.01 Å². The Bertz CT molecular complexity index is 760. The van der Waals surface area contributed by atoms with E-state index in [1.54, 1.807) is 18.5 Å². The third-order valence-corrected chi connectivity index (χ3v) is 6.10. The summed E-state index contributed by atoms with van der Waals surface area (Å²) in [6.07, 6.45) is 1.60. The molecule has 0 amide bonds. The highest BCUT2D eigenvalue weighted by atomic mass is 79.9. The van der Waals surface area contributed by atoms with Gasteiger partial charge in [-0.15, -0.1) is 11.3 Å². The lowest BCUT2D eigenvalue weighted by Crippen LogP contribution is -2.27. The summed E-state index contributed by atoms with van der Waals surface area (Å²) in [5, 5.41) is 11.3. The molecule has 2 N–H and O–H groups in total. The molecule has 0 aliphatic rings. The van der Waals surface area contributed by atoms with Crippen LogP contribution >= 0.6 is 27.3 Å². The van der Waals surface area contributed by atoms with Gasteiger partial charge >= 0.3 is 5.97 Å². The number of thiazole rings is 1. The maximum atomic E-state index is 12.3. The zero-order valence-electron chi connectivity index (χ0n) is 10.8. The first-order chi connectivity index (χ1) is 9.81. The van der Waals surface area contributed by atoms with Crippen LogP contribution in [0.4, 0.5) is 0 Å². The predicted octanol–water partition coefficient (Wildman–Crippen LogP) is 2.64. The molecule has 0 spiro atoms. The second-order valence-electron chi connectivity index (χ2n) is 4.16. The van der Waals surface area contributed by atoms with Gasteiger partial charge in [0.2, 0.25) is 10.0 Å². The number of carbonyl (C=O) groups is 1. The third kappa shape index (κ3) is 3.67. The van der Waals surface area contributed by atoms with Gasteiger partial charge in [-0.25, -0.2) is 22.9 Å². The van der Waals surface area contributed by atoms with Crippen LogP contribution in [0.3, 0.4) is 0 Å². The highest BCUT2D eigenvalue weighted by Crippen LogP contribution is 2.25. The Morgan fingerprint density at radius 2 is 2.19 bits per heavy atom. The Balaban J connectivity index is 2.29. The number of halogens is 1. The molecule has 0 aliphatic heterocycles. The predicted molar refractivity (Wildman–Crippen MR) is 82.0 cm³/mol. The van der Waals surface area contributed by atoms with E-state index in [0.29, 0.717) is 5.01 Å². The van der Waals surface area contributed by atoms with Crippen molar-refractivity contribution in [2.75, 3.05) is 0 Å². The molecular weight excluding hydrogens is 380 g/mol. The summed E-state index contributed by atoms with van der Waals surface area (Å²) in [5.41, 5.74) is 0.00815. The largest absolute Gasteiger partial charge is 0.478 e. The lowest BCUT2D eigenvalue weighted by atomic mass is 10.2. The number of carboxylic acids is 1. The van der Waals surface area contributed by atoms with Crippen molar-refractivity contribution >= 4 is 43.3 Å². The number of carboxylic acid groups (broad SMARTS) is 1. The highest BCUT2D eigenvalue weighted by Gasteiger charge is 2.22. The van der Waals surface area contributed by atoms with E-state index in [0.717, 1.165) is 0 Å². The number of aromatic carboxylic acids is 1. The fraction of sp³-hybridized carbons (Fsp3) is 0.167. The number of nitrogens with one attached hydrogen (secondary N) is 1. The zero-order valence-corrected chi connectivity index (χ0v) is 14.0. The van der Waals surface area contributed by atoms with Crippen molar-refractivity contribution < 1.29 is 18.3 Å². The van der Waals surface area contributed by atoms with E-state index in [1.807, 2.05) is 0 Å². The monoisotopic (exact) mass is 390 g/mol. The van der Waals surface area contributed by atoms with E-state index in [4.69, 9.17) is 5.11 Å². The summed E-state index contributed by atoms with van der Waals surface area (Å²) in [6, 6.07) is 3.28. The summed E-state index contributed by atoms with van der Waals surface area (Å²) in [7, 11) is -3.78. The van der Waals surface area contributed by atoms with Crippen LogP contribution in [0.25, 0.3) is 0 Å². The van der Waals surface area contributed by atoms with E-state index in [2.05, 4.69) is 25.6 Å². The number of hydrogen-bond acceptors (Lipinski definition) is 5. The number of aromatic nitrogens is 1. The van der Waals surface area contributed by atoms with Crippen LogP contribution in [-0.4, -0.2) is 24.5 Å². The number of rotatable bonds is 5. The van der Waals surface area contributed by atoms with Gasteiger partial charge < -0.3 is 5.11 Å². The topological polar surface area (TPSA) is 96.4 Å². The number of benzene rings is 1. The Morgan fingerprint density at radius 1 is 1.48 bits per heavy atom. The molecule has 0 fully saturated rings. The van der Waals surface area contributed by atoms with Crippen LogP contribution in [0.2, 0.25) is 0 Å². The summed E-state index contributed by atoms with van der Waals surface area (Å²) in [5.74, 6) is -1.12. The normalized spacial score (nSPS) is 13.0. The molecule has 9 heteroatoms. The molecule has 112 valence electrons. The van der Waals surface area contributed by atoms with Gasteiger partial charge in [-0.2, -0.15) is 0 Å². The second-order valence-corrected chi connectivity index (χ2v) is 7.63. The minimum absolute atomic E-state index is 0.00815. The average molecular weight is 391 g/mol. The third-order valence-electron chi connectivity index (χ3n) is 2.62. The van der Waals surface area contributed by atoms with Gasteiger partial charge in [0, 0.05) is 16.0 Å². The van der Waals surface area contributed by atoms with Crippen molar-refractivity contribution in [1.82, 2.24) is 9.71 Å². The first-order valence-corrected chi connectivity index (χ1v) is 8.91. The van der Waals surface area contributed by atoms with Crippen LogP contribution in [0.15, 0.2) is 39.1 Å². The minimum atomic E-state index is -3.78. The maximum Gasteiger partial charge on any atom is 0.335 e. The van der Waals surface area contributed by atoms with Crippen molar-refractivity contribution in [3.8, 4) is 0 Å². The van der Waals surface area contributed by atoms with Gasteiger partial charge in [0.25, 0.3) is 0 Å². The number of nitrogens with zero attached hydrogens (tertiary/aromatic N) is 1. The molecule has 2 rings (SSSR count). The maximum absolute atomic E-state index is 12.3. The Morgan fingerprint density at radius 3 is 2.71 bits per heavy atom. The molecule has 1 unspecified atom stereocenters. The van der Waals surface area contributed by atoms with Crippen LogP contribution < -0.4 is 4.72 Å². The lowest BCUT2D eigenvalue weighted by Gasteiger charge is -2.13. The van der Waals surface area contributed by atoms with Crippen molar-refractivity contribution in [3.05, 3.63) is 44.8 Å². The minimum Gasteiger partial charge on any atom is -0.478 e. The van der Waals surface area contributed by atoms with Gasteiger partial charge in [-0.3, -0.25) is 0 Å². The van der Waals surface area contributed by atoms with E-state index < -0.39 is 22.0 Å². The summed E-state index contributed by atoms with van der Waals surface area (Å²) in [4.78, 5) is 14.9. The van der Waals surface area contributed by atoms with Crippen molar-refractivity contribution in [2.24, 2.45) is 0 Å². The molecule has 0 radical (unpaired) electrons. The Labute approximate surface area is 134 Å². The van der Waals surface area contributed by atoms with Gasteiger partial charge in [0.05, 0.1) is 16.5 Å². The Hall–Kier alpha value is -1.29. The smallest absolute Gasteiger partial charge is 0.335 e. The van der Waals surface area contributed by atoms with Gasteiger partial charge in [-0.1, -0.05) is 0 Å². The van der Waals surface area contributed by atoms with Gasteiger partial charge in [0.15, 0.2) is 0 Å². The molecule has 21 heavy (non-hydrogen) atoms. The molecule has 2 aromatic rings. The summed E-state index contributed by atoms with van der Waals surface area (Å²) in [6.45, 7) is 1.69. The van der Waals surface area contributed by atoms with E-state index in [1.165, 1.54) is 29.5 Å². The first-order valence-electron chi connectivity index (χ1n) is 5.76. The first kappa shape index (κ1) is 16.1. The van der Waals surface area contributed by atoms with Crippen molar-refractivity contribution in [2.45, 2.75) is 17.9 Å². The second kappa shape index (κ2) is 6.22. The number of hydrogen-bond donors (Lipinski definition) is 2. The highest BCUT2D eigenvalue weighted by molar-refractivity contribution is 9.10. The molecule has 1 aromatic carbocycles. The molecule has 0 bridgehead atoms. The van der Waals surface area contributed by atoms with Crippen LogP contribution in [-0.2, 0) is 10.0 Å². The lowest BCUT2D eigenvalue weighted by molar-refractivity contribution is 0.0696. The SMILES string of the molecule is CC(NS(=O)(=O)c1ccc(C(=O)O)cc1Br)c1nccs1. The fourth-order valence-electron chi connectivity index (χ4n) is 1.65. The molecule has 1 aromatic heterocycles. The van der Waals surface area contributed by atoms with E-state index >= 15 is 0 Å². The van der Waals surface area contributed by atoms with Crippen LogP contribution in [0.1, 0.15) is 28.3 Å². The molecule has 1 heterocycles. The van der Waals surface area contributed by atoms with Crippen LogP contribution in [0, 0.1) is 0 Å². The standard InChI is InChI=1S/C12H11BrN2O4S2/c1-7(11-14-4-5-20-11)15-21(18,19)10-3-2-8(12(16)17)6-9(10)13/h2-7,15H,1H3,(H,16,17). The molecular formula is C12H11BrN2O4S2. The fourth-order valence-corrected chi connectivity index (χ4v) is 4.65. The van der Waals surface area contributed by atoms with E-state index in [-0.39, 0.29) is 14.9 Å². The Kier molecular flexibility index (Phi) is 4.77. The van der Waals surface area contributed by atoms with Crippen molar-refractivity contribution in [1.29, 1.82) is 0 Å². The quantitative estimate of drug-likeness (QED) is 0.817. The zero-order chi connectivity index (χ0) is 15.6. The molecule has 0 saturated heterocycles. The molecule has 1 atom stereocenters. The molecule has 6 nitrogen and oxygen atoms in total. The van der Waals surface area contributed by atoms with Crippen molar-refractivity contribution in [3.63, 3.8) is 0 Å². The summed E-state index contributed by atoms with van der Waals surface area (Å²) < 4.78 is 27.4. The molecule has 0 aliphatic carbocycles. The summed E-state index contributed by atoms with van der Waals surface area (Å²) >= 11 is 4.44. The van der Waals surface area contributed by atoms with Crippen LogP contribution in [0.5, 0.6) is 0 Å². The molecule has 0 saturated carbocycles. The van der Waals surface area contributed by atoms with E-state index in [9.17, 15) is 13.2 Å². The number of sulfonamides is 1. The average Bonchev–Trinajstić information content (AvgIpc) is 2.91. The van der Waals surface area contributed by atoms with Gasteiger partial charge in [-0.05, 0) is 41.1 Å².